The van der Waals surface area contributed by atoms with Crippen molar-refractivity contribution in [1.29, 1.82) is 0 Å². The number of fused-ring (bicyclic) bond motifs is 2. The Hall–Kier alpha value is -2.88. The molecule has 1 unspecified atom stereocenters. The van der Waals surface area contributed by atoms with Gasteiger partial charge in [-0.3, -0.25) is 9.59 Å². The van der Waals surface area contributed by atoms with Crippen LogP contribution in [0.5, 0.6) is 0 Å². The van der Waals surface area contributed by atoms with Crippen LogP contribution in [0.1, 0.15) is 52.5 Å². The van der Waals surface area contributed by atoms with Crippen molar-refractivity contribution < 1.29 is 19.4 Å². The van der Waals surface area contributed by atoms with Crippen molar-refractivity contribution in [3.63, 3.8) is 0 Å². The van der Waals surface area contributed by atoms with Gasteiger partial charge in [0.05, 0.1) is 10.8 Å². The molecule has 0 bridgehead atoms. The maximum atomic E-state index is 12.9. The van der Waals surface area contributed by atoms with Crippen LogP contribution in [0.2, 0.25) is 0 Å². The van der Waals surface area contributed by atoms with E-state index in [9.17, 15) is 14.7 Å². The van der Waals surface area contributed by atoms with Crippen LogP contribution >= 0.6 is 0 Å². The second-order valence-electron chi connectivity index (χ2n) is 8.98. The zero-order valence-electron chi connectivity index (χ0n) is 18.2. The third-order valence-electron chi connectivity index (χ3n) is 6.38. The molecular formula is C26H30O4. The number of benzene rings is 3. The number of rotatable bonds is 8. The van der Waals surface area contributed by atoms with Crippen molar-refractivity contribution in [3.8, 4) is 0 Å². The Morgan fingerprint density at radius 2 is 1.43 bits per heavy atom. The summed E-state index contributed by atoms with van der Waals surface area (Å²) in [6.45, 7) is 7.45. The molecule has 3 aromatic rings. The second kappa shape index (κ2) is 8.47. The average molecular weight is 407 g/mol. The molecule has 4 heteroatoms. The summed E-state index contributed by atoms with van der Waals surface area (Å²) >= 11 is 0. The normalized spacial score (nSPS) is 13.9. The van der Waals surface area contributed by atoms with Crippen LogP contribution in [-0.2, 0) is 20.9 Å². The number of hydrogen-bond donors (Lipinski definition) is 1. The lowest BCUT2D eigenvalue weighted by Gasteiger charge is -2.29. The van der Waals surface area contributed by atoms with Crippen molar-refractivity contribution in [2.75, 3.05) is 0 Å². The van der Waals surface area contributed by atoms with Crippen LogP contribution in [0.25, 0.3) is 21.5 Å². The molecule has 0 heterocycles. The van der Waals surface area contributed by atoms with Crippen molar-refractivity contribution in [2.45, 2.75) is 53.6 Å². The van der Waals surface area contributed by atoms with E-state index in [4.69, 9.17) is 4.74 Å². The van der Waals surface area contributed by atoms with Gasteiger partial charge in [0.1, 0.15) is 6.61 Å². The van der Waals surface area contributed by atoms with E-state index < -0.39 is 16.8 Å². The lowest BCUT2D eigenvalue weighted by atomic mass is 9.76. The summed E-state index contributed by atoms with van der Waals surface area (Å²) in [5, 5.41) is 13.9. The van der Waals surface area contributed by atoms with Gasteiger partial charge in [0, 0.05) is 5.56 Å². The number of esters is 1. The fraction of sp³-hybridized carbons (Fsp3) is 0.385. The summed E-state index contributed by atoms with van der Waals surface area (Å²) in [6.07, 6.45) is 1.41. The van der Waals surface area contributed by atoms with Gasteiger partial charge >= 0.3 is 11.9 Å². The minimum Gasteiger partial charge on any atom is -0.481 e. The Morgan fingerprint density at radius 3 is 1.93 bits per heavy atom. The van der Waals surface area contributed by atoms with Crippen LogP contribution in [0.3, 0.4) is 0 Å². The first-order chi connectivity index (χ1) is 14.2. The van der Waals surface area contributed by atoms with E-state index in [1.165, 1.54) is 0 Å². The Morgan fingerprint density at radius 1 is 0.900 bits per heavy atom. The zero-order valence-corrected chi connectivity index (χ0v) is 18.2. The first-order valence-electron chi connectivity index (χ1n) is 10.5. The van der Waals surface area contributed by atoms with E-state index in [1.54, 1.807) is 6.92 Å². The van der Waals surface area contributed by atoms with Gasteiger partial charge in [0.2, 0.25) is 0 Å². The smallest absolute Gasteiger partial charge is 0.311 e. The summed E-state index contributed by atoms with van der Waals surface area (Å²) in [6, 6.07) is 18.4. The molecule has 0 amide bonds. The SMILES string of the molecule is CCC(C)(CCC(C)(C)C(=O)OCc1c2ccccc2cc2ccccc12)C(=O)O. The monoisotopic (exact) mass is 406 g/mol. The fourth-order valence-electron chi connectivity index (χ4n) is 3.72. The molecular weight excluding hydrogens is 376 g/mol. The molecule has 3 aromatic carbocycles. The number of hydrogen-bond acceptors (Lipinski definition) is 3. The van der Waals surface area contributed by atoms with E-state index in [-0.39, 0.29) is 12.6 Å². The largest absolute Gasteiger partial charge is 0.481 e. The minimum absolute atomic E-state index is 0.189. The summed E-state index contributed by atoms with van der Waals surface area (Å²) in [5.41, 5.74) is -0.591. The van der Waals surface area contributed by atoms with Gasteiger partial charge in [-0.2, -0.15) is 0 Å². The number of ether oxygens (including phenoxy) is 1. The molecule has 158 valence electrons. The standard InChI is InChI=1S/C26H30O4/c1-5-26(4,23(27)28)15-14-25(2,3)24(29)30-17-22-20-12-8-6-10-18(20)16-19-11-7-9-13-21(19)22/h6-13,16H,5,14-15,17H2,1-4H3,(H,27,28). The molecule has 0 aromatic heterocycles. The topological polar surface area (TPSA) is 63.6 Å². The Balaban J connectivity index is 1.81. The summed E-state index contributed by atoms with van der Waals surface area (Å²) in [7, 11) is 0. The van der Waals surface area contributed by atoms with Crippen LogP contribution in [0, 0.1) is 10.8 Å². The van der Waals surface area contributed by atoms with E-state index in [2.05, 4.69) is 30.3 Å². The van der Waals surface area contributed by atoms with Crippen LogP contribution in [-0.4, -0.2) is 17.0 Å². The molecule has 0 aliphatic heterocycles. The van der Waals surface area contributed by atoms with Crippen LogP contribution in [0.4, 0.5) is 0 Å². The summed E-state index contributed by atoms with van der Waals surface area (Å²) in [5.74, 6) is -1.13. The zero-order chi connectivity index (χ0) is 21.9. The molecule has 0 aliphatic carbocycles. The Kier molecular flexibility index (Phi) is 6.16. The third-order valence-corrected chi connectivity index (χ3v) is 6.38. The lowest BCUT2D eigenvalue weighted by molar-refractivity contribution is -0.158. The minimum atomic E-state index is -0.830. The predicted octanol–water partition coefficient (Wildman–Crippen LogP) is 6.34. The van der Waals surface area contributed by atoms with E-state index in [1.807, 2.05) is 45.0 Å². The molecule has 0 radical (unpaired) electrons. The quantitative estimate of drug-likeness (QED) is 0.350. The lowest BCUT2D eigenvalue weighted by Crippen LogP contribution is -2.32. The van der Waals surface area contributed by atoms with Crippen molar-refractivity contribution >= 4 is 33.5 Å². The highest BCUT2D eigenvalue weighted by Gasteiger charge is 2.36. The highest BCUT2D eigenvalue weighted by molar-refractivity contribution is 6.02. The molecule has 30 heavy (non-hydrogen) atoms. The highest BCUT2D eigenvalue weighted by atomic mass is 16.5. The van der Waals surface area contributed by atoms with Gasteiger partial charge in [-0.25, -0.2) is 0 Å². The van der Waals surface area contributed by atoms with Gasteiger partial charge in [0.15, 0.2) is 0 Å². The Bertz CT molecular complexity index is 1030. The van der Waals surface area contributed by atoms with Crippen LogP contribution < -0.4 is 0 Å². The number of aliphatic carboxylic acids is 1. The Labute approximate surface area is 177 Å². The summed E-state index contributed by atoms with van der Waals surface area (Å²) in [4.78, 5) is 24.5. The van der Waals surface area contributed by atoms with Gasteiger partial charge < -0.3 is 9.84 Å². The molecule has 1 N–H and O–H groups in total. The van der Waals surface area contributed by atoms with Gasteiger partial charge in [-0.05, 0) is 67.6 Å². The van der Waals surface area contributed by atoms with E-state index in [0.29, 0.717) is 19.3 Å². The average Bonchev–Trinajstić information content (AvgIpc) is 2.74. The van der Waals surface area contributed by atoms with Crippen molar-refractivity contribution in [1.82, 2.24) is 0 Å². The number of carboxylic acid groups (broad SMARTS) is 1. The highest BCUT2D eigenvalue weighted by Crippen LogP contribution is 2.35. The maximum Gasteiger partial charge on any atom is 0.311 e. The molecule has 0 spiro atoms. The summed E-state index contributed by atoms with van der Waals surface area (Å²) < 4.78 is 5.78. The fourth-order valence-corrected chi connectivity index (χ4v) is 3.72. The number of carboxylic acids is 1. The van der Waals surface area contributed by atoms with Crippen molar-refractivity contribution in [3.05, 3.63) is 60.2 Å². The first-order valence-corrected chi connectivity index (χ1v) is 10.5. The van der Waals surface area contributed by atoms with Gasteiger partial charge in [-0.15, -0.1) is 0 Å². The maximum absolute atomic E-state index is 12.9. The molecule has 4 nitrogen and oxygen atoms in total. The second-order valence-corrected chi connectivity index (χ2v) is 8.98. The third kappa shape index (κ3) is 4.33. The van der Waals surface area contributed by atoms with E-state index in [0.717, 1.165) is 27.1 Å². The predicted molar refractivity (Wildman–Crippen MR) is 120 cm³/mol. The molecule has 0 fully saturated rings. The van der Waals surface area contributed by atoms with Gasteiger partial charge in [0.25, 0.3) is 0 Å². The van der Waals surface area contributed by atoms with Crippen molar-refractivity contribution in [2.24, 2.45) is 10.8 Å². The van der Waals surface area contributed by atoms with Crippen LogP contribution in [0.15, 0.2) is 54.6 Å². The number of carbonyl (C=O) groups is 2. The molecule has 0 saturated carbocycles. The van der Waals surface area contributed by atoms with E-state index >= 15 is 0 Å². The van der Waals surface area contributed by atoms with Gasteiger partial charge in [-0.1, -0.05) is 55.5 Å². The molecule has 0 saturated heterocycles. The number of carbonyl (C=O) groups excluding carboxylic acids is 1. The molecule has 0 aliphatic rings. The molecule has 1 atom stereocenters. The first kappa shape index (κ1) is 21.8. The molecule has 3 rings (SSSR count).